The number of benzene rings is 1. The number of halogens is 3. The lowest BCUT2D eigenvalue weighted by Gasteiger charge is -2.43. The maximum absolute atomic E-state index is 13.0. The first-order valence-corrected chi connectivity index (χ1v) is 11.6. The Labute approximate surface area is 197 Å². The Hall–Kier alpha value is -2.59. The van der Waals surface area contributed by atoms with Crippen LogP contribution in [0.1, 0.15) is 44.0 Å². The van der Waals surface area contributed by atoms with E-state index in [1.165, 1.54) is 12.1 Å². The summed E-state index contributed by atoms with van der Waals surface area (Å²) in [5, 5.41) is 4.77. The molecule has 1 amide bonds. The van der Waals surface area contributed by atoms with Crippen molar-refractivity contribution in [2.45, 2.75) is 58.0 Å². The number of carbonyl (C=O) groups excluding carboxylic acids is 1. The molecule has 2 aliphatic rings. The number of likely N-dealkylation sites (tertiary alicyclic amines) is 1. The zero-order chi connectivity index (χ0) is 24.5. The number of morpholine rings is 1. The highest BCUT2D eigenvalue weighted by Crippen LogP contribution is 2.35. The van der Waals surface area contributed by atoms with Crippen LogP contribution in [0.4, 0.5) is 13.2 Å². The monoisotopic (exact) mass is 480 g/mol. The molecular weight excluding hydrogens is 449 g/mol. The second-order valence-corrected chi connectivity index (χ2v) is 9.22. The normalized spacial score (nSPS) is 24.3. The van der Waals surface area contributed by atoms with Gasteiger partial charge in [0.2, 0.25) is 5.91 Å². The van der Waals surface area contributed by atoms with Gasteiger partial charge in [0.05, 0.1) is 31.1 Å². The number of piperidine rings is 1. The van der Waals surface area contributed by atoms with Gasteiger partial charge in [-0.1, -0.05) is 0 Å². The number of hydrogen-bond acceptors (Lipinski definition) is 5. The van der Waals surface area contributed by atoms with E-state index in [1.54, 1.807) is 16.8 Å². The quantitative estimate of drug-likeness (QED) is 0.650. The molecule has 2 fully saturated rings. The third kappa shape index (κ3) is 5.72. The van der Waals surface area contributed by atoms with Crippen LogP contribution in [0, 0.1) is 6.92 Å². The summed E-state index contributed by atoms with van der Waals surface area (Å²) < 4.78 is 48.3. The minimum Gasteiger partial charge on any atom is -0.406 e. The van der Waals surface area contributed by atoms with Gasteiger partial charge in [0.25, 0.3) is 0 Å². The van der Waals surface area contributed by atoms with Crippen LogP contribution in [-0.4, -0.2) is 76.8 Å². The molecule has 0 spiro atoms. The number of hydrogen-bond donors (Lipinski definition) is 0. The minimum absolute atomic E-state index is 0.0894. The highest BCUT2D eigenvalue weighted by molar-refractivity contribution is 5.79. The first kappa shape index (κ1) is 24.5. The molecule has 2 unspecified atom stereocenters. The molecule has 10 heteroatoms. The zero-order valence-corrected chi connectivity index (χ0v) is 19.7. The average molecular weight is 481 g/mol. The molecule has 34 heavy (non-hydrogen) atoms. The second kappa shape index (κ2) is 9.95. The smallest absolute Gasteiger partial charge is 0.406 e. The van der Waals surface area contributed by atoms with Crippen molar-refractivity contribution in [1.82, 2.24) is 19.6 Å². The lowest BCUT2D eigenvalue weighted by molar-refractivity contribution is -0.274. The van der Waals surface area contributed by atoms with Crippen LogP contribution in [0.15, 0.2) is 30.3 Å². The summed E-state index contributed by atoms with van der Waals surface area (Å²) in [6.07, 6.45) is -3.09. The lowest BCUT2D eigenvalue weighted by Crippen LogP contribution is -2.53. The van der Waals surface area contributed by atoms with Crippen molar-refractivity contribution in [3.8, 4) is 11.4 Å². The van der Waals surface area contributed by atoms with E-state index in [0.717, 1.165) is 37.3 Å². The molecule has 0 bridgehead atoms. The maximum Gasteiger partial charge on any atom is 0.573 e. The van der Waals surface area contributed by atoms with Gasteiger partial charge in [0.1, 0.15) is 5.75 Å². The third-order valence-electron chi connectivity index (χ3n) is 6.59. The van der Waals surface area contributed by atoms with E-state index in [0.29, 0.717) is 25.4 Å². The van der Waals surface area contributed by atoms with Crippen molar-refractivity contribution < 1.29 is 27.4 Å². The molecule has 4 rings (SSSR count). The number of amides is 1. The van der Waals surface area contributed by atoms with Crippen LogP contribution in [0.3, 0.4) is 0 Å². The summed E-state index contributed by atoms with van der Waals surface area (Å²) in [6.45, 7) is 9.41. The summed E-state index contributed by atoms with van der Waals surface area (Å²) in [6, 6.07) is 7.89. The van der Waals surface area contributed by atoms with Crippen molar-refractivity contribution >= 4 is 5.91 Å². The van der Waals surface area contributed by atoms with Crippen molar-refractivity contribution in [1.29, 1.82) is 0 Å². The van der Waals surface area contributed by atoms with Crippen LogP contribution < -0.4 is 4.74 Å². The van der Waals surface area contributed by atoms with Crippen molar-refractivity contribution in [3.05, 3.63) is 41.7 Å². The van der Waals surface area contributed by atoms with E-state index in [4.69, 9.17) is 9.84 Å². The summed E-state index contributed by atoms with van der Waals surface area (Å²) >= 11 is 0. The Morgan fingerprint density at radius 1 is 1.12 bits per heavy atom. The fraction of sp³-hybridized carbons (Fsp3) is 0.583. The van der Waals surface area contributed by atoms with Crippen molar-refractivity contribution in [3.63, 3.8) is 0 Å². The minimum atomic E-state index is -4.72. The number of carbonyl (C=O) groups is 1. The Balaban J connectivity index is 1.43. The standard InChI is InChI=1S/C24H31F3N4O3/c1-16-12-19(13-17(2)30(16)23(32)15-29-8-10-33-11-9-29)22-14-18(3)31(28-22)20-4-6-21(7-5-20)34-24(25,26)27/h4-7,14,16-17,19H,8-13,15H2,1-3H3. The van der Waals surface area contributed by atoms with Gasteiger partial charge >= 0.3 is 6.36 Å². The lowest BCUT2D eigenvalue weighted by atomic mass is 9.85. The van der Waals surface area contributed by atoms with E-state index in [-0.39, 0.29) is 29.7 Å². The second-order valence-electron chi connectivity index (χ2n) is 9.22. The summed E-state index contributed by atoms with van der Waals surface area (Å²) in [5.41, 5.74) is 2.50. The van der Waals surface area contributed by atoms with Crippen molar-refractivity contribution in [2.75, 3.05) is 32.8 Å². The number of aryl methyl sites for hydroxylation is 1. The summed E-state index contributed by atoms with van der Waals surface area (Å²) in [7, 11) is 0. The fourth-order valence-corrected chi connectivity index (χ4v) is 5.09. The Morgan fingerprint density at radius 3 is 2.32 bits per heavy atom. The summed E-state index contributed by atoms with van der Waals surface area (Å²) in [4.78, 5) is 17.2. The molecule has 0 aliphatic carbocycles. The molecule has 2 atom stereocenters. The topological polar surface area (TPSA) is 59.8 Å². The number of aromatic nitrogens is 2. The molecule has 0 N–H and O–H groups in total. The predicted octanol–water partition coefficient (Wildman–Crippen LogP) is 3.89. The van der Waals surface area contributed by atoms with Gasteiger partial charge in [-0.15, -0.1) is 13.2 Å². The maximum atomic E-state index is 13.0. The number of alkyl halides is 3. The van der Waals surface area contributed by atoms with E-state index in [9.17, 15) is 18.0 Å². The molecule has 1 aromatic heterocycles. The molecule has 186 valence electrons. The predicted molar refractivity (Wildman–Crippen MR) is 120 cm³/mol. The van der Waals surface area contributed by atoms with E-state index < -0.39 is 6.36 Å². The highest BCUT2D eigenvalue weighted by Gasteiger charge is 2.36. The Bertz CT molecular complexity index is 974. The Kier molecular flexibility index (Phi) is 7.18. The molecule has 7 nitrogen and oxygen atoms in total. The largest absolute Gasteiger partial charge is 0.573 e. The molecular formula is C24H31F3N4O3. The molecule has 2 saturated heterocycles. The molecule has 3 heterocycles. The number of ether oxygens (including phenoxy) is 2. The van der Waals surface area contributed by atoms with Gasteiger partial charge in [-0.05, 0) is 63.9 Å². The third-order valence-corrected chi connectivity index (χ3v) is 6.59. The molecule has 0 saturated carbocycles. The van der Waals surface area contributed by atoms with Crippen LogP contribution in [-0.2, 0) is 9.53 Å². The van der Waals surface area contributed by atoms with Crippen LogP contribution >= 0.6 is 0 Å². The van der Waals surface area contributed by atoms with E-state index in [1.807, 2.05) is 17.9 Å². The number of nitrogens with zero attached hydrogens (tertiary/aromatic N) is 4. The summed E-state index contributed by atoms with van der Waals surface area (Å²) in [5.74, 6) is 0.0894. The van der Waals surface area contributed by atoms with E-state index >= 15 is 0 Å². The fourth-order valence-electron chi connectivity index (χ4n) is 5.09. The van der Waals surface area contributed by atoms with Gasteiger partial charge < -0.3 is 14.4 Å². The van der Waals surface area contributed by atoms with Gasteiger partial charge in [0, 0.05) is 36.8 Å². The Morgan fingerprint density at radius 2 is 1.74 bits per heavy atom. The van der Waals surface area contributed by atoms with Gasteiger partial charge in [0.15, 0.2) is 0 Å². The average Bonchev–Trinajstić information content (AvgIpc) is 3.15. The van der Waals surface area contributed by atoms with Crippen LogP contribution in [0.2, 0.25) is 0 Å². The van der Waals surface area contributed by atoms with Crippen LogP contribution in [0.25, 0.3) is 5.69 Å². The molecule has 1 aromatic carbocycles. The van der Waals surface area contributed by atoms with Gasteiger partial charge in [-0.2, -0.15) is 5.10 Å². The first-order chi connectivity index (χ1) is 16.1. The number of rotatable bonds is 5. The molecule has 2 aliphatic heterocycles. The van der Waals surface area contributed by atoms with Crippen molar-refractivity contribution in [2.24, 2.45) is 0 Å². The molecule has 0 radical (unpaired) electrons. The SMILES string of the molecule is Cc1cc(C2CC(C)N(C(=O)CN3CCOCC3)C(C)C2)nn1-c1ccc(OC(F)(F)F)cc1. The highest BCUT2D eigenvalue weighted by atomic mass is 19.4. The zero-order valence-electron chi connectivity index (χ0n) is 19.7. The molecule has 2 aromatic rings. The first-order valence-electron chi connectivity index (χ1n) is 11.6. The van der Waals surface area contributed by atoms with Gasteiger partial charge in [-0.3, -0.25) is 9.69 Å². The van der Waals surface area contributed by atoms with E-state index in [2.05, 4.69) is 23.5 Å². The van der Waals surface area contributed by atoms with Crippen LogP contribution in [0.5, 0.6) is 5.75 Å². The van der Waals surface area contributed by atoms with Gasteiger partial charge in [-0.25, -0.2) is 4.68 Å².